The highest BCUT2D eigenvalue weighted by Gasteiger charge is 2.45. The number of nitrogens with two attached hydrogens (primary N) is 1. The Bertz CT molecular complexity index is 728. The Hall–Kier alpha value is -2.22. The quantitative estimate of drug-likeness (QED) is 0.343. The van der Waals surface area contributed by atoms with Gasteiger partial charge in [0.05, 0.1) is 32.0 Å². The monoisotopic (exact) mass is 416 g/mol. The minimum Gasteiger partial charge on any atom is -0.481 e. The number of Topliss-reactive ketones (excluding diaryl/α,β-unsaturated/α-hetero) is 1. The number of unbranched alkanes of at least 4 members (excludes halogenated alkanes) is 1. The van der Waals surface area contributed by atoms with Gasteiger partial charge in [0.15, 0.2) is 5.78 Å². The number of rotatable bonds is 10. The van der Waals surface area contributed by atoms with Crippen LogP contribution in [0.3, 0.4) is 0 Å². The molecule has 1 aromatic rings. The van der Waals surface area contributed by atoms with E-state index in [0.717, 1.165) is 31.5 Å². The first-order valence-corrected chi connectivity index (χ1v) is 10.7. The van der Waals surface area contributed by atoms with E-state index < -0.39 is 5.97 Å². The van der Waals surface area contributed by atoms with Crippen LogP contribution in [0.25, 0.3) is 0 Å². The summed E-state index contributed by atoms with van der Waals surface area (Å²) in [6, 6.07) is 7.46. The number of allylic oxidation sites excluding steroid dienone is 2. The number of aliphatic carboxylic acids is 1. The fraction of sp³-hybridized carbons (Fsp3) is 0.565. The van der Waals surface area contributed by atoms with Crippen LogP contribution < -0.4 is 5.73 Å². The summed E-state index contributed by atoms with van der Waals surface area (Å²) in [5.74, 6) is -0.447. The number of hydrogen-bond donors (Lipinski definition) is 2. The Morgan fingerprint density at radius 3 is 2.67 bits per heavy atom. The summed E-state index contributed by atoms with van der Waals surface area (Å²) < 4.78 is 11.7. The summed E-state index contributed by atoms with van der Waals surface area (Å²) in [6.45, 7) is 3.28. The van der Waals surface area contributed by atoms with Crippen molar-refractivity contribution >= 4 is 17.4 Å². The van der Waals surface area contributed by atoms with E-state index in [9.17, 15) is 9.59 Å². The number of hydrogen-bond acceptors (Lipinski definition) is 6. The van der Waals surface area contributed by atoms with Crippen LogP contribution in [0.4, 0.5) is 5.69 Å². The van der Waals surface area contributed by atoms with Gasteiger partial charge in [-0.15, -0.1) is 0 Å². The molecule has 0 unspecified atom stereocenters. The van der Waals surface area contributed by atoms with Crippen molar-refractivity contribution in [1.29, 1.82) is 0 Å². The van der Waals surface area contributed by atoms with E-state index in [1.807, 2.05) is 30.3 Å². The van der Waals surface area contributed by atoms with Crippen LogP contribution in [0.5, 0.6) is 0 Å². The molecule has 0 aromatic heterocycles. The van der Waals surface area contributed by atoms with Gasteiger partial charge in [0.25, 0.3) is 0 Å². The second kappa shape index (κ2) is 11.2. The molecule has 164 valence electrons. The second-order valence-electron chi connectivity index (χ2n) is 8.01. The summed E-state index contributed by atoms with van der Waals surface area (Å²) in [5.41, 5.74) is 7.50. The third-order valence-corrected chi connectivity index (χ3v) is 5.83. The van der Waals surface area contributed by atoms with E-state index >= 15 is 0 Å². The summed E-state index contributed by atoms with van der Waals surface area (Å²) in [6.07, 6.45) is 6.67. The number of ether oxygens (including phenoxy) is 2. The number of morpholine rings is 1. The van der Waals surface area contributed by atoms with Gasteiger partial charge < -0.3 is 20.3 Å². The van der Waals surface area contributed by atoms with Crippen LogP contribution in [0.2, 0.25) is 0 Å². The Kier molecular flexibility index (Phi) is 8.42. The number of benzene rings is 1. The molecule has 3 rings (SSSR count). The molecule has 1 aliphatic carbocycles. The molecule has 7 heteroatoms. The zero-order chi connectivity index (χ0) is 21.3. The van der Waals surface area contributed by atoms with Gasteiger partial charge in [-0.3, -0.25) is 14.5 Å². The van der Waals surface area contributed by atoms with Crippen LogP contribution in [-0.2, 0) is 25.7 Å². The van der Waals surface area contributed by atoms with Crippen molar-refractivity contribution in [1.82, 2.24) is 4.90 Å². The second-order valence-corrected chi connectivity index (χ2v) is 8.01. The molecular formula is C23H32N2O5. The number of nitrogens with zero attached hydrogens (tertiary/aromatic N) is 1. The lowest BCUT2D eigenvalue weighted by Crippen LogP contribution is -2.49. The molecule has 0 amide bonds. The molecule has 0 bridgehead atoms. The van der Waals surface area contributed by atoms with Crippen molar-refractivity contribution in [3.8, 4) is 0 Å². The average Bonchev–Trinajstić information content (AvgIpc) is 3.05. The summed E-state index contributed by atoms with van der Waals surface area (Å²) in [7, 11) is 0. The predicted octanol–water partition coefficient (Wildman–Crippen LogP) is 2.64. The maximum atomic E-state index is 12.9. The van der Waals surface area contributed by atoms with Crippen LogP contribution in [0.15, 0.2) is 36.4 Å². The van der Waals surface area contributed by atoms with Gasteiger partial charge in [-0.25, -0.2) is 0 Å². The molecule has 2 fully saturated rings. The molecule has 1 aliphatic heterocycles. The summed E-state index contributed by atoms with van der Waals surface area (Å²) >= 11 is 0. The first kappa shape index (κ1) is 22.5. The smallest absolute Gasteiger partial charge is 0.303 e. The molecule has 7 nitrogen and oxygen atoms in total. The predicted molar refractivity (Wildman–Crippen MR) is 114 cm³/mol. The summed E-state index contributed by atoms with van der Waals surface area (Å²) in [5, 5.41) is 8.75. The van der Waals surface area contributed by atoms with E-state index in [0.29, 0.717) is 38.3 Å². The van der Waals surface area contributed by atoms with E-state index in [1.165, 1.54) is 0 Å². The first-order valence-electron chi connectivity index (χ1n) is 10.7. The van der Waals surface area contributed by atoms with Crippen molar-refractivity contribution in [2.45, 2.75) is 50.9 Å². The number of nitrogen functional groups attached to an aromatic ring is 1. The molecule has 1 saturated heterocycles. The number of carboxylic acids is 1. The highest BCUT2D eigenvalue weighted by Crippen LogP contribution is 2.34. The molecule has 2 aliphatic rings. The molecule has 30 heavy (non-hydrogen) atoms. The Morgan fingerprint density at radius 2 is 1.97 bits per heavy atom. The van der Waals surface area contributed by atoms with Crippen LogP contribution in [0.1, 0.15) is 37.7 Å². The molecule has 0 radical (unpaired) electrons. The van der Waals surface area contributed by atoms with Crippen molar-refractivity contribution < 1.29 is 24.2 Å². The highest BCUT2D eigenvalue weighted by molar-refractivity contribution is 5.87. The van der Waals surface area contributed by atoms with E-state index in [-0.39, 0.29) is 30.3 Å². The molecule has 3 N–H and O–H groups in total. The Labute approximate surface area is 177 Å². The fourth-order valence-electron chi connectivity index (χ4n) is 4.27. The van der Waals surface area contributed by atoms with Crippen molar-refractivity contribution in [2.24, 2.45) is 5.92 Å². The lowest BCUT2D eigenvalue weighted by atomic mass is 9.95. The SMILES string of the molecule is Nc1ccc(CO[C@@H]2CC(=O)[C@@H](N3CCOCC3)[C@@H]2C/C=C\CCCC(=O)O)cc1. The van der Waals surface area contributed by atoms with Crippen molar-refractivity contribution in [3.63, 3.8) is 0 Å². The van der Waals surface area contributed by atoms with Crippen LogP contribution >= 0.6 is 0 Å². The standard InChI is InChI=1S/C23H32N2O5/c24-18-9-7-17(8-10-18)16-30-21-15-20(26)23(25-11-13-29-14-12-25)19(21)5-3-1-2-4-6-22(27)28/h1,3,7-10,19,21,23H,2,4-6,11-16,24H2,(H,27,28)/b3-1-/t19-,21-,23+/m1/s1. The van der Waals surface area contributed by atoms with Crippen molar-refractivity contribution in [2.75, 3.05) is 32.0 Å². The van der Waals surface area contributed by atoms with Gasteiger partial charge >= 0.3 is 5.97 Å². The van der Waals surface area contributed by atoms with Crippen LogP contribution in [0, 0.1) is 5.92 Å². The number of carbonyl (C=O) groups is 2. The Morgan fingerprint density at radius 1 is 1.23 bits per heavy atom. The number of anilines is 1. The largest absolute Gasteiger partial charge is 0.481 e. The van der Waals surface area contributed by atoms with Gasteiger partial charge in [0, 0.05) is 37.5 Å². The van der Waals surface area contributed by atoms with E-state index in [4.69, 9.17) is 20.3 Å². The molecule has 1 aromatic carbocycles. The first-order chi connectivity index (χ1) is 14.5. The number of carboxylic acid groups (broad SMARTS) is 1. The average molecular weight is 417 g/mol. The fourth-order valence-corrected chi connectivity index (χ4v) is 4.27. The lowest BCUT2D eigenvalue weighted by molar-refractivity contribution is -0.137. The van der Waals surface area contributed by atoms with Gasteiger partial charge in [-0.2, -0.15) is 0 Å². The van der Waals surface area contributed by atoms with E-state index in [1.54, 1.807) is 0 Å². The molecule has 1 saturated carbocycles. The maximum Gasteiger partial charge on any atom is 0.303 e. The van der Waals surface area contributed by atoms with Gasteiger partial charge in [0.2, 0.25) is 0 Å². The molecule has 1 heterocycles. The third kappa shape index (κ3) is 6.39. The topological polar surface area (TPSA) is 102 Å². The van der Waals surface area contributed by atoms with Crippen LogP contribution in [-0.4, -0.2) is 60.2 Å². The van der Waals surface area contributed by atoms with Gasteiger partial charge in [-0.05, 0) is 37.0 Å². The normalized spacial score (nSPS) is 25.2. The van der Waals surface area contributed by atoms with Gasteiger partial charge in [0.1, 0.15) is 0 Å². The minimum atomic E-state index is -0.770. The summed E-state index contributed by atoms with van der Waals surface area (Å²) in [4.78, 5) is 25.8. The number of carbonyl (C=O) groups excluding carboxylic acids is 1. The zero-order valence-electron chi connectivity index (χ0n) is 17.4. The van der Waals surface area contributed by atoms with Crippen molar-refractivity contribution in [3.05, 3.63) is 42.0 Å². The van der Waals surface area contributed by atoms with E-state index in [2.05, 4.69) is 11.0 Å². The Balaban J connectivity index is 1.62. The maximum absolute atomic E-state index is 12.9. The molecule has 3 atom stereocenters. The lowest BCUT2D eigenvalue weighted by Gasteiger charge is -2.35. The molecule has 0 spiro atoms. The molecular weight excluding hydrogens is 384 g/mol. The van der Waals surface area contributed by atoms with Gasteiger partial charge in [-0.1, -0.05) is 24.3 Å². The zero-order valence-corrected chi connectivity index (χ0v) is 17.4. The third-order valence-electron chi connectivity index (χ3n) is 5.83. The number of ketones is 1. The minimum absolute atomic E-state index is 0.0834. The highest BCUT2D eigenvalue weighted by atomic mass is 16.5.